The van der Waals surface area contributed by atoms with E-state index in [2.05, 4.69) is 10.3 Å². The van der Waals surface area contributed by atoms with Crippen molar-refractivity contribution in [3.8, 4) is 0 Å². The van der Waals surface area contributed by atoms with Crippen molar-refractivity contribution in [2.45, 2.75) is 11.4 Å². The molecule has 0 aliphatic heterocycles. The van der Waals surface area contributed by atoms with Gasteiger partial charge < -0.3 is 5.32 Å². The summed E-state index contributed by atoms with van der Waals surface area (Å²) in [5, 5.41) is 4.08. The lowest BCUT2D eigenvalue weighted by Crippen LogP contribution is -2.03. The second kappa shape index (κ2) is 5.99. The Morgan fingerprint density at radius 1 is 1.15 bits per heavy atom. The Hall–Kier alpha value is -1.30. The number of nitrogens with one attached hydrogen (secondary N) is 1. The summed E-state index contributed by atoms with van der Waals surface area (Å²) in [7, 11) is -3.22. The normalized spacial score (nSPS) is 11.3. The molecule has 0 aliphatic carbocycles. The first kappa shape index (κ1) is 15.1. The molecule has 0 unspecified atom stereocenters. The predicted octanol–water partition coefficient (Wildman–Crippen LogP) is 3.40. The number of benzene rings is 1. The lowest BCUT2D eigenvalue weighted by molar-refractivity contribution is 0.601. The van der Waals surface area contributed by atoms with Crippen molar-refractivity contribution in [1.29, 1.82) is 0 Å². The minimum Gasteiger partial charge on any atom is -0.366 e. The number of sulfone groups is 1. The maximum Gasteiger partial charge on any atom is 0.177 e. The van der Waals surface area contributed by atoms with E-state index in [4.69, 9.17) is 23.2 Å². The molecule has 0 amide bonds. The van der Waals surface area contributed by atoms with Crippen molar-refractivity contribution < 1.29 is 8.42 Å². The third-order valence-electron chi connectivity index (χ3n) is 2.62. The van der Waals surface area contributed by atoms with Gasteiger partial charge in [0, 0.05) is 19.0 Å². The standard InChI is InChI=1S/C13H12Cl2N2O2S/c1-20(18,19)10-3-5-13(17-8-10)16-7-9-2-4-11(14)12(15)6-9/h2-6,8H,7H2,1H3,(H,16,17). The summed E-state index contributed by atoms with van der Waals surface area (Å²) >= 11 is 11.8. The monoisotopic (exact) mass is 330 g/mol. The number of pyridine rings is 1. The number of hydrogen-bond acceptors (Lipinski definition) is 4. The molecular weight excluding hydrogens is 319 g/mol. The number of hydrogen-bond donors (Lipinski definition) is 1. The summed E-state index contributed by atoms with van der Waals surface area (Å²) in [6.45, 7) is 0.516. The fourth-order valence-corrected chi connectivity index (χ4v) is 2.43. The molecule has 2 aromatic rings. The van der Waals surface area contributed by atoms with Crippen LogP contribution in [0.3, 0.4) is 0 Å². The van der Waals surface area contributed by atoms with Crippen molar-refractivity contribution in [3.63, 3.8) is 0 Å². The van der Waals surface area contributed by atoms with Gasteiger partial charge in [-0.2, -0.15) is 0 Å². The predicted molar refractivity (Wildman–Crippen MR) is 81.1 cm³/mol. The fourth-order valence-electron chi connectivity index (χ4n) is 1.55. The molecule has 0 saturated heterocycles. The van der Waals surface area contributed by atoms with Gasteiger partial charge in [0.2, 0.25) is 0 Å². The molecule has 106 valence electrons. The maximum absolute atomic E-state index is 11.3. The molecule has 0 atom stereocenters. The van der Waals surface area contributed by atoms with Gasteiger partial charge in [0.25, 0.3) is 0 Å². The molecule has 1 aromatic heterocycles. The smallest absolute Gasteiger partial charge is 0.177 e. The average molecular weight is 331 g/mol. The lowest BCUT2D eigenvalue weighted by Gasteiger charge is -2.07. The zero-order valence-electron chi connectivity index (χ0n) is 10.6. The highest BCUT2D eigenvalue weighted by Gasteiger charge is 2.07. The second-order valence-corrected chi connectivity index (χ2v) is 7.08. The minimum atomic E-state index is -3.22. The molecule has 20 heavy (non-hydrogen) atoms. The van der Waals surface area contributed by atoms with Crippen molar-refractivity contribution in [3.05, 3.63) is 52.1 Å². The van der Waals surface area contributed by atoms with Gasteiger partial charge in [0.05, 0.1) is 14.9 Å². The molecule has 1 aromatic carbocycles. The van der Waals surface area contributed by atoms with E-state index in [0.29, 0.717) is 22.4 Å². The SMILES string of the molecule is CS(=O)(=O)c1ccc(NCc2ccc(Cl)c(Cl)c2)nc1. The van der Waals surface area contributed by atoms with Crippen LogP contribution in [0.25, 0.3) is 0 Å². The molecule has 4 nitrogen and oxygen atoms in total. The zero-order chi connectivity index (χ0) is 14.8. The highest BCUT2D eigenvalue weighted by atomic mass is 35.5. The molecular formula is C13H12Cl2N2O2S. The van der Waals surface area contributed by atoms with E-state index in [0.717, 1.165) is 11.8 Å². The Morgan fingerprint density at radius 3 is 2.45 bits per heavy atom. The third-order valence-corrected chi connectivity index (χ3v) is 4.46. The number of nitrogens with zero attached hydrogens (tertiary/aromatic N) is 1. The van der Waals surface area contributed by atoms with Crippen molar-refractivity contribution in [1.82, 2.24) is 4.98 Å². The summed E-state index contributed by atoms with van der Waals surface area (Å²) in [6.07, 6.45) is 2.47. The Morgan fingerprint density at radius 2 is 1.90 bits per heavy atom. The van der Waals surface area contributed by atoms with E-state index in [1.807, 2.05) is 6.07 Å². The average Bonchev–Trinajstić information content (AvgIpc) is 2.40. The van der Waals surface area contributed by atoms with E-state index in [-0.39, 0.29) is 4.90 Å². The first-order valence-electron chi connectivity index (χ1n) is 5.70. The molecule has 1 N–H and O–H groups in total. The molecule has 0 saturated carbocycles. The van der Waals surface area contributed by atoms with Crippen LogP contribution in [-0.4, -0.2) is 19.7 Å². The summed E-state index contributed by atoms with van der Waals surface area (Å²) < 4.78 is 22.6. The summed E-state index contributed by atoms with van der Waals surface area (Å²) in [5.41, 5.74) is 0.952. The van der Waals surface area contributed by atoms with Crippen LogP contribution in [0.4, 0.5) is 5.82 Å². The molecule has 0 bridgehead atoms. The van der Waals surface area contributed by atoms with Crippen molar-refractivity contribution >= 4 is 38.9 Å². The van der Waals surface area contributed by atoms with E-state index in [9.17, 15) is 8.42 Å². The van der Waals surface area contributed by atoms with Gasteiger partial charge in [-0.1, -0.05) is 29.3 Å². The van der Waals surface area contributed by atoms with Gasteiger partial charge >= 0.3 is 0 Å². The maximum atomic E-state index is 11.3. The zero-order valence-corrected chi connectivity index (χ0v) is 12.9. The van der Waals surface area contributed by atoms with Gasteiger partial charge in [0.1, 0.15) is 5.82 Å². The number of anilines is 1. The molecule has 0 radical (unpaired) electrons. The Labute approximate surface area is 127 Å². The molecule has 0 fully saturated rings. The van der Waals surface area contributed by atoms with Crippen molar-refractivity contribution in [2.24, 2.45) is 0 Å². The van der Waals surface area contributed by atoms with Gasteiger partial charge in [-0.3, -0.25) is 0 Å². The van der Waals surface area contributed by atoms with Crippen LogP contribution in [0.2, 0.25) is 10.0 Å². The number of halogens is 2. The minimum absolute atomic E-state index is 0.192. The van der Waals surface area contributed by atoms with Crippen LogP contribution in [0.1, 0.15) is 5.56 Å². The highest BCUT2D eigenvalue weighted by Crippen LogP contribution is 2.23. The Kier molecular flexibility index (Phi) is 4.52. The molecule has 0 spiro atoms. The van der Waals surface area contributed by atoms with E-state index >= 15 is 0 Å². The first-order chi connectivity index (χ1) is 9.36. The van der Waals surface area contributed by atoms with Crippen LogP contribution in [0, 0.1) is 0 Å². The summed E-state index contributed by atoms with van der Waals surface area (Å²) in [4.78, 5) is 4.24. The third kappa shape index (κ3) is 3.85. The van der Waals surface area contributed by atoms with Crippen LogP contribution >= 0.6 is 23.2 Å². The molecule has 0 aliphatic rings. The fraction of sp³-hybridized carbons (Fsp3) is 0.154. The quantitative estimate of drug-likeness (QED) is 0.933. The van der Waals surface area contributed by atoms with E-state index in [1.54, 1.807) is 18.2 Å². The summed E-state index contributed by atoms with van der Waals surface area (Å²) in [6, 6.07) is 8.47. The first-order valence-corrected chi connectivity index (χ1v) is 8.35. The van der Waals surface area contributed by atoms with Crippen molar-refractivity contribution in [2.75, 3.05) is 11.6 Å². The Balaban J connectivity index is 2.06. The van der Waals surface area contributed by atoms with Crippen LogP contribution in [0.5, 0.6) is 0 Å². The van der Waals surface area contributed by atoms with Crippen LogP contribution in [-0.2, 0) is 16.4 Å². The number of rotatable bonds is 4. The molecule has 2 rings (SSSR count). The van der Waals surface area contributed by atoms with Gasteiger partial charge in [-0.15, -0.1) is 0 Å². The second-order valence-electron chi connectivity index (χ2n) is 4.25. The molecule has 7 heteroatoms. The topological polar surface area (TPSA) is 59.1 Å². The van der Waals surface area contributed by atoms with Gasteiger partial charge in [-0.25, -0.2) is 13.4 Å². The highest BCUT2D eigenvalue weighted by molar-refractivity contribution is 7.90. The van der Waals surface area contributed by atoms with Crippen LogP contribution < -0.4 is 5.32 Å². The van der Waals surface area contributed by atoms with E-state index in [1.165, 1.54) is 12.3 Å². The summed E-state index contributed by atoms with van der Waals surface area (Å²) in [5.74, 6) is 0.587. The molecule has 1 heterocycles. The van der Waals surface area contributed by atoms with Crippen LogP contribution in [0.15, 0.2) is 41.4 Å². The largest absolute Gasteiger partial charge is 0.366 e. The van der Waals surface area contributed by atoms with E-state index < -0.39 is 9.84 Å². The number of aromatic nitrogens is 1. The lowest BCUT2D eigenvalue weighted by atomic mass is 10.2. The van der Waals surface area contributed by atoms with Gasteiger partial charge in [-0.05, 0) is 29.8 Å². The van der Waals surface area contributed by atoms with Gasteiger partial charge in [0.15, 0.2) is 9.84 Å². The Bertz CT molecular complexity index is 716.